The molecule has 0 atom stereocenters. The third kappa shape index (κ3) is 3.26. The van der Waals surface area contributed by atoms with Gasteiger partial charge < -0.3 is 0 Å². The average Bonchev–Trinajstić information content (AvgIpc) is 2.13. The first kappa shape index (κ1) is 11.5. The minimum absolute atomic E-state index is 0.324. The SMILES string of the molecule is CCCCC(CC)(CC)CC#N. The Balaban J connectivity index is 4.06. The zero-order valence-corrected chi connectivity index (χ0v) is 8.69. The number of hydrogen-bond acceptors (Lipinski definition) is 1. The van der Waals surface area contributed by atoms with Crippen molar-refractivity contribution in [3.8, 4) is 6.07 Å². The van der Waals surface area contributed by atoms with E-state index in [4.69, 9.17) is 5.26 Å². The standard InChI is InChI=1S/C11H21N/c1-4-7-8-11(5-2,6-3)9-10-12/h4-9H2,1-3H3. The Morgan fingerprint density at radius 3 is 2.08 bits per heavy atom. The molecule has 12 heavy (non-hydrogen) atoms. The van der Waals surface area contributed by atoms with Gasteiger partial charge in [0.2, 0.25) is 0 Å². The van der Waals surface area contributed by atoms with Gasteiger partial charge in [0.25, 0.3) is 0 Å². The van der Waals surface area contributed by atoms with Crippen molar-refractivity contribution < 1.29 is 0 Å². The predicted molar refractivity (Wildman–Crippen MR) is 52.8 cm³/mol. The van der Waals surface area contributed by atoms with E-state index < -0.39 is 0 Å². The predicted octanol–water partition coefficient (Wildman–Crippen LogP) is 3.90. The fourth-order valence-electron chi connectivity index (χ4n) is 1.66. The Morgan fingerprint density at radius 2 is 1.75 bits per heavy atom. The maximum absolute atomic E-state index is 8.71. The summed E-state index contributed by atoms with van der Waals surface area (Å²) in [6.45, 7) is 6.62. The highest BCUT2D eigenvalue weighted by atomic mass is 14.3. The lowest BCUT2D eigenvalue weighted by Gasteiger charge is -2.28. The maximum Gasteiger partial charge on any atom is 0.0627 e. The molecule has 0 amide bonds. The van der Waals surface area contributed by atoms with Gasteiger partial charge >= 0.3 is 0 Å². The lowest BCUT2D eigenvalue weighted by Crippen LogP contribution is -2.17. The van der Waals surface area contributed by atoms with Crippen LogP contribution < -0.4 is 0 Å². The Bertz CT molecular complexity index is 140. The van der Waals surface area contributed by atoms with Crippen LogP contribution >= 0.6 is 0 Å². The second-order valence-electron chi connectivity index (χ2n) is 3.65. The molecule has 0 aromatic carbocycles. The first-order valence-electron chi connectivity index (χ1n) is 5.11. The molecule has 0 aliphatic heterocycles. The number of nitriles is 1. The van der Waals surface area contributed by atoms with Crippen molar-refractivity contribution in [2.75, 3.05) is 0 Å². The van der Waals surface area contributed by atoms with Gasteiger partial charge in [-0.1, -0.05) is 33.6 Å². The van der Waals surface area contributed by atoms with Crippen LogP contribution in [0.2, 0.25) is 0 Å². The van der Waals surface area contributed by atoms with Gasteiger partial charge in [0, 0.05) is 6.42 Å². The monoisotopic (exact) mass is 167 g/mol. The Morgan fingerprint density at radius 1 is 1.17 bits per heavy atom. The molecule has 0 radical (unpaired) electrons. The highest BCUT2D eigenvalue weighted by Gasteiger charge is 2.24. The van der Waals surface area contributed by atoms with Crippen molar-refractivity contribution in [2.45, 2.75) is 59.3 Å². The molecule has 0 N–H and O–H groups in total. The molecule has 0 bridgehead atoms. The molecule has 0 aliphatic carbocycles. The van der Waals surface area contributed by atoms with E-state index in [2.05, 4.69) is 26.8 Å². The van der Waals surface area contributed by atoms with E-state index in [9.17, 15) is 0 Å². The number of hydrogen-bond donors (Lipinski definition) is 0. The summed E-state index contributed by atoms with van der Waals surface area (Å²) < 4.78 is 0. The zero-order chi connectivity index (χ0) is 9.45. The fourth-order valence-corrected chi connectivity index (χ4v) is 1.66. The van der Waals surface area contributed by atoms with Crippen LogP contribution in [-0.4, -0.2) is 0 Å². The second-order valence-corrected chi connectivity index (χ2v) is 3.65. The topological polar surface area (TPSA) is 23.8 Å². The number of nitrogens with zero attached hydrogens (tertiary/aromatic N) is 1. The Hall–Kier alpha value is -0.510. The molecular formula is C11H21N. The van der Waals surface area contributed by atoms with Gasteiger partial charge in [-0.3, -0.25) is 0 Å². The quantitative estimate of drug-likeness (QED) is 0.588. The number of unbranched alkanes of at least 4 members (excludes halogenated alkanes) is 1. The van der Waals surface area contributed by atoms with E-state index in [1.165, 1.54) is 19.3 Å². The number of rotatable bonds is 6. The molecular weight excluding hydrogens is 146 g/mol. The van der Waals surface area contributed by atoms with Gasteiger partial charge in [-0.05, 0) is 24.7 Å². The molecule has 0 saturated heterocycles. The van der Waals surface area contributed by atoms with Crippen LogP contribution in [0.5, 0.6) is 0 Å². The van der Waals surface area contributed by atoms with Crippen molar-refractivity contribution in [3.05, 3.63) is 0 Å². The first-order valence-corrected chi connectivity index (χ1v) is 5.11. The van der Waals surface area contributed by atoms with E-state index in [0.717, 1.165) is 19.3 Å². The highest BCUT2D eigenvalue weighted by Crippen LogP contribution is 2.35. The van der Waals surface area contributed by atoms with Gasteiger partial charge in [0.05, 0.1) is 6.07 Å². The van der Waals surface area contributed by atoms with Gasteiger partial charge in [-0.25, -0.2) is 0 Å². The molecule has 0 fully saturated rings. The molecule has 0 spiro atoms. The minimum Gasteiger partial charge on any atom is -0.198 e. The van der Waals surface area contributed by atoms with E-state index in [0.29, 0.717) is 5.41 Å². The molecule has 0 saturated carbocycles. The summed E-state index contributed by atoms with van der Waals surface area (Å²) in [6, 6.07) is 2.32. The van der Waals surface area contributed by atoms with Crippen LogP contribution in [0.15, 0.2) is 0 Å². The van der Waals surface area contributed by atoms with E-state index in [1.807, 2.05) is 0 Å². The van der Waals surface area contributed by atoms with Crippen LogP contribution in [0.1, 0.15) is 59.3 Å². The molecule has 0 heterocycles. The summed E-state index contributed by atoms with van der Waals surface area (Å²) in [5.41, 5.74) is 0.324. The van der Waals surface area contributed by atoms with Gasteiger partial charge in [-0.15, -0.1) is 0 Å². The summed E-state index contributed by atoms with van der Waals surface area (Å²) in [6.07, 6.45) is 6.77. The summed E-state index contributed by atoms with van der Waals surface area (Å²) >= 11 is 0. The smallest absolute Gasteiger partial charge is 0.0627 e. The molecule has 0 aliphatic rings. The lowest BCUT2D eigenvalue weighted by atomic mass is 9.76. The highest BCUT2D eigenvalue weighted by molar-refractivity contribution is 4.86. The van der Waals surface area contributed by atoms with Crippen LogP contribution in [-0.2, 0) is 0 Å². The lowest BCUT2D eigenvalue weighted by molar-refractivity contribution is 0.238. The van der Waals surface area contributed by atoms with E-state index in [-0.39, 0.29) is 0 Å². The van der Waals surface area contributed by atoms with Gasteiger partial charge in [-0.2, -0.15) is 5.26 Å². The van der Waals surface area contributed by atoms with Gasteiger partial charge in [0.1, 0.15) is 0 Å². The summed E-state index contributed by atoms with van der Waals surface area (Å²) in [4.78, 5) is 0. The first-order chi connectivity index (χ1) is 5.74. The zero-order valence-electron chi connectivity index (χ0n) is 8.69. The van der Waals surface area contributed by atoms with Crippen molar-refractivity contribution >= 4 is 0 Å². The molecule has 0 aromatic heterocycles. The normalized spacial score (nSPS) is 11.2. The molecule has 0 unspecified atom stereocenters. The Labute approximate surface area is 76.8 Å². The van der Waals surface area contributed by atoms with Crippen molar-refractivity contribution in [1.82, 2.24) is 0 Å². The molecule has 0 aromatic rings. The molecule has 1 nitrogen and oxygen atoms in total. The summed E-state index contributed by atoms with van der Waals surface area (Å²) in [7, 11) is 0. The molecule has 1 heteroatoms. The average molecular weight is 167 g/mol. The van der Waals surface area contributed by atoms with Crippen molar-refractivity contribution in [2.24, 2.45) is 5.41 Å². The van der Waals surface area contributed by atoms with Crippen LogP contribution in [0, 0.1) is 16.7 Å². The maximum atomic E-state index is 8.71. The van der Waals surface area contributed by atoms with Crippen LogP contribution in [0.25, 0.3) is 0 Å². The third-order valence-corrected chi connectivity index (χ3v) is 3.01. The van der Waals surface area contributed by atoms with Crippen LogP contribution in [0.3, 0.4) is 0 Å². The summed E-state index contributed by atoms with van der Waals surface area (Å²) in [5, 5.41) is 8.71. The fraction of sp³-hybridized carbons (Fsp3) is 0.909. The second kappa shape index (κ2) is 6.06. The van der Waals surface area contributed by atoms with Crippen molar-refractivity contribution in [1.29, 1.82) is 5.26 Å². The minimum atomic E-state index is 0.324. The summed E-state index contributed by atoms with van der Waals surface area (Å²) in [5.74, 6) is 0. The Kier molecular flexibility index (Phi) is 5.80. The van der Waals surface area contributed by atoms with Crippen LogP contribution in [0.4, 0.5) is 0 Å². The third-order valence-electron chi connectivity index (χ3n) is 3.01. The van der Waals surface area contributed by atoms with Crippen molar-refractivity contribution in [3.63, 3.8) is 0 Å². The largest absolute Gasteiger partial charge is 0.198 e. The molecule has 0 rings (SSSR count). The van der Waals surface area contributed by atoms with E-state index >= 15 is 0 Å². The van der Waals surface area contributed by atoms with Gasteiger partial charge in [0.15, 0.2) is 0 Å². The van der Waals surface area contributed by atoms with E-state index in [1.54, 1.807) is 0 Å². The molecule has 70 valence electrons.